The second-order valence-corrected chi connectivity index (χ2v) is 6.69. The molecule has 4 heteroatoms. The first-order valence-electron chi connectivity index (χ1n) is 7.95. The summed E-state index contributed by atoms with van der Waals surface area (Å²) in [5.41, 5.74) is -0.111. The van der Waals surface area contributed by atoms with Crippen molar-refractivity contribution in [3.05, 3.63) is 0 Å². The molecule has 0 saturated carbocycles. The minimum absolute atomic E-state index is 0.158. The Kier molecular flexibility index (Phi) is 6.46. The highest BCUT2D eigenvalue weighted by atomic mass is 16.5. The molecule has 1 rings (SSSR count). The van der Waals surface area contributed by atoms with Crippen molar-refractivity contribution in [1.29, 1.82) is 0 Å². The molecule has 1 saturated heterocycles. The minimum atomic E-state index is -0.593. The molecule has 1 aliphatic heterocycles. The van der Waals surface area contributed by atoms with Crippen molar-refractivity contribution in [3.63, 3.8) is 0 Å². The lowest BCUT2D eigenvalue weighted by Gasteiger charge is -2.42. The topological polar surface area (TPSA) is 41.6 Å². The van der Waals surface area contributed by atoms with Crippen LogP contribution < -0.4 is 5.32 Å². The van der Waals surface area contributed by atoms with Gasteiger partial charge in [-0.15, -0.1) is 0 Å². The summed E-state index contributed by atoms with van der Waals surface area (Å²) in [5, 5.41) is 3.36. The molecule has 0 radical (unpaired) electrons. The van der Waals surface area contributed by atoms with E-state index in [4.69, 9.17) is 4.74 Å². The van der Waals surface area contributed by atoms with Gasteiger partial charge in [0.1, 0.15) is 5.54 Å². The molecule has 1 fully saturated rings. The van der Waals surface area contributed by atoms with Crippen molar-refractivity contribution in [3.8, 4) is 0 Å². The first-order chi connectivity index (χ1) is 9.39. The number of nitrogens with zero attached hydrogens (tertiary/aromatic N) is 1. The molecule has 1 atom stereocenters. The van der Waals surface area contributed by atoms with Gasteiger partial charge in [0.15, 0.2) is 0 Å². The molecule has 0 amide bonds. The third-order valence-electron chi connectivity index (χ3n) is 4.86. The molecule has 1 N–H and O–H groups in total. The summed E-state index contributed by atoms with van der Waals surface area (Å²) in [4.78, 5) is 14.5. The van der Waals surface area contributed by atoms with Crippen LogP contribution in [0.1, 0.15) is 53.4 Å². The number of hydrogen-bond donors (Lipinski definition) is 1. The molecular weight excluding hydrogens is 252 g/mol. The van der Waals surface area contributed by atoms with Crippen molar-refractivity contribution in [2.24, 2.45) is 5.41 Å². The van der Waals surface area contributed by atoms with Gasteiger partial charge in [-0.05, 0) is 51.2 Å². The summed E-state index contributed by atoms with van der Waals surface area (Å²) >= 11 is 0. The molecule has 0 spiro atoms. The van der Waals surface area contributed by atoms with Crippen molar-refractivity contribution >= 4 is 5.97 Å². The molecule has 118 valence electrons. The number of likely N-dealkylation sites (tertiary alicyclic amines) is 1. The molecule has 1 unspecified atom stereocenters. The van der Waals surface area contributed by atoms with Gasteiger partial charge >= 0.3 is 5.97 Å². The Morgan fingerprint density at radius 1 is 1.35 bits per heavy atom. The number of carbonyl (C=O) groups excluding carboxylic acids is 1. The van der Waals surface area contributed by atoms with E-state index in [0.29, 0.717) is 5.41 Å². The van der Waals surface area contributed by atoms with Gasteiger partial charge in [-0.2, -0.15) is 0 Å². The van der Waals surface area contributed by atoms with E-state index in [1.54, 1.807) is 0 Å². The monoisotopic (exact) mass is 284 g/mol. The maximum Gasteiger partial charge on any atom is 0.327 e. The average molecular weight is 284 g/mol. The first-order valence-corrected chi connectivity index (χ1v) is 7.95. The largest absolute Gasteiger partial charge is 0.468 e. The molecule has 20 heavy (non-hydrogen) atoms. The van der Waals surface area contributed by atoms with E-state index in [2.05, 4.69) is 31.0 Å². The summed E-state index contributed by atoms with van der Waals surface area (Å²) < 4.78 is 4.99. The van der Waals surface area contributed by atoms with E-state index >= 15 is 0 Å². The number of nitrogens with one attached hydrogen (secondary N) is 1. The van der Waals surface area contributed by atoms with Crippen molar-refractivity contribution in [2.45, 2.75) is 58.9 Å². The number of piperidine rings is 1. The van der Waals surface area contributed by atoms with Crippen LogP contribution >= 0.6 is 0 Å². The lowest BCUT2D eigenvalue weighted by atomic mass is 9.78. The molecule has 0 aromatic carbocycles. The summed E-state index contributed by atoms with van der Waals surface area (Å²) in [7, 11) is 1.47. The van der Waals surface area contributed by atoms with E-state index in [-0.39, 0.29) is 5.97 Å². The van der Waals surface area contributed by atoms with Crippen LogP contribution in [-0.4, -0.2) is 49.7 Å². The second kappa shape index (κ2) is 7.41. The van der Waals surface area contributed by atoms with Crippen molar-refractivity contribution in [2.75, 3.05) is 33.3 Å². The maximum atomic E-state index is 12.1. The van der Waals surface area contributed by atoms with Gasteiger partial charge in [-0.25, -0.2) is 0 Å². The molecule has 0 bridgehead atoms. The highest BCUT2D eigenvalue weighted by molar-refractivity contribution is 5.80. The molecule has 0 aromatic heterocycles. The van der Waals surface area contributed by atoms with Crippen LogP contribution in [0.3, 0.4) is 0 Å². The van der Waals surface area contributed by atoms with Crippen molar-refractivity contribution < 1.29 is 9.53 Å². The average Bonchev–Trinajstić information content (AvgIpc) is 2.47. The van der Waals surface area contributed by atoms with Gasteiger partial charge in [0.05, 0.1) is 7.11 Å². The van der Waals surface area contributed by atoms with Crippen molar-refractivity contribution in [1.82, 2.24) is 10.2 Å². The standard InChI is InChI=1S/C16H32N2O2/c1-6-10-17-16(4,14(19)20-5)13-18-11-8-15(3,7-2)9-12-18/h17H,6-13H2,1-5H3. The van der Waals surface area contributed by atoms with E-state index < -0.39 is 5.54 Å². The Labute approximate surface area is 124 Å². The Bertz CT molecular complexity index is 312. The fourth-order valence-corrected chi connectivity index (χ4v) is 2.87. The third-order valence-corrected chi connectivity index (χ3v) is 4.86. The van der Waals surface area contributed by atoms with Crippen LogP contribution in [0.4, 0.5) is 0 Å². The van der Waals surface area contributed by atoms with Gasteiger partial charge in [0, 0.05) is 6.54 Å². The summed E-state index contributed by atoms with van der Waals surface area (Å²) in [6.45, 7) is 12.4. The zero-order chi connectivity index (χ0) is 15.2. The lowest BCUT2D eigenvalue weighted by Crippen LogP contribution is -2.58. The summed E-state index contributed by atoms with van der Waals surface area (Å²) in [6, 6.07) is 0. The number of hydrogen-bond acceptors (Lipinski definition) is 4. The third kappa shape index (κ3) is 4.45. The molecule has 1 aliphatic rings. The SMILES string of the molecule is CCCNC(C)(CN1CCC(C)(CC)CC1)C(=O)OC. The Balaban J connectivity index is 2.60. The van der Waals surface area contributed by atoms with E-state index in [1.165, 1.54) is 26.4 Å². The van der Waals surface area contributed by atoms with Gasteiger partial charge < -0.3 is 15.0 Å². The summed E-state index contributed by atoms with van der Waals surface area (Å²) in [5.74, 6) is -0.158. The minimum Gasteiger partial charge on any atom is -0.468 e. The number of ether oxygens (including phenoxy) is 1. The van der Waals surface area contributed by atoms with Gasteiger partial charge in [0.2, 0.25) is 0 Å². The lowest BCUT2D eigenvalue weighted by molar-refractivity contribution is -0.149. The predicted octanol–water partition coefficient (Wildman–Crippen LogP) is 2.43. The zero-order valence-corrected chi connectivity index (χ0v) is 13.9. The fourth-order valence-electron chi connectivity index (χ4n) is 2.87. The first kappa shape index (κ1) is 17.4. The normalized spacial score (nSPS) is 22.2. The predicted molar refractivity (Wildman–Crippen MR) is 82.8 cm³/mol. The highest BCUT2D eigenvalue weighted by Gasteiger charge is 2.38. The van der Waals surface area contributed by atoms with Crippen LogP contribution in [0.2, 0.25) is 0 Å². The fraction of sp³-hybridized carbons (Fsp3) is 0.938. The number of esters is 1. The maximum absolute atomic E-state index is 12.1. The number of methoxy groups -OCH3 is 1. The van der Waals surface area contributed by atoms with Crippen LogP contribution in [0.25, 0.3) is 0 Å². The van der Waals surface area contributed by atoms with Crippen LogP contribution in [-0.2, 0) is 9.53 Å². The molecular formula is C16H32N2O2. The van der Waals surface area contributed by atoms with Gasteiger partial charge in [-0.3, -0.25) is 4.79 Å². The molecule has 0 aliphatic carbocycles. The Hall–Kier alpha value is -0.610. The molecule has 1 heterocycles. The molecule has 4 nitrogen and oxygen atoms in total. The van der Waals surface area contributed by atoms with Gasteiger partial charge in [-0.1, -0.05) is 27.2 Å². The highest BCUT2D eigenvalue weighted by Crippen LogP contribution is 2.34. The van der Waals surface area contributed by atoms with E-state index in [1.807, 2.05) is 6.92 Å². The Morgan fingerprint density at radius 2 is 1.95 bits per heavy atom. The van der Waals surface area contributed by atoms with Crippen LogP contribution in [0.15, 0.2) is 0 Å². The van der Waals surface area contributed by atoms with Gasteiger partial charge in [0.25, 0.3) is 0 Å². The van der Waals surface area contributed by atoms with E-state index in [9.17, 15) is 4.79 Å². The van der Waals surface area contributed by atoms with Crippen LogP contribution in [0.5, 0.6) is 0 Å². The summed E-state index contributed by atoms with van der Waals surface area (Å²) in [6.07, 6.45) is 4.69. The quantitative estimate of drug-likeness (QED) is 0.729. The smallest absolute Gasteiger partial charge is 0.327 e. The van der Waals surface area contributed by atoms with Crippen LogP contribution in [0, 0.1) is 5.41 Å². The van der Waals surface area contributed by atoms with E-state index in [0.717, 1.165) is 32.6 Å². The number of carbonyl (C=O) groups is 1. The molecule has 0 aromatic rings. The number of rotatable bonds is 7. The second-order valence-electron chi connectivity index (χ2n) is 6.69. The Morgan fingerprint density at radius 3 is 2.40 bits per heavy atom. The zero-order valence-electron chi connectivity index (χ0n) is 13.9.